The van der Waals surface area contributed by atoms with Gasteiger partial charge in [-0.15, -0.1) is 0 Å². The molecule has 4 heteroatoms. The highest BCUT2D eigenvalue weighted by atomic mass is 16.5. The Hall–Kier alpha value is -1.81. The summed E-state index contributed by atoms with van der Waals surface area (Å²) < 4.78 is 5.16. The summed E-state index contributed by atoms with van der Waals surface area (Å²) in [7, 11) is 0. The van der Waals surface area contributed by atoms with Crippen molar-refractivity contribution in [2.24, 2.45) is 5.92 Å². The lowest BCUT2D eigenvalue weighted by Gasteiger charge is -2.31. The van der Waals surface area contributed by atoms with Gasteiger partial charge in [-0.2, -0.15) is 0 Å². The number of hydrogen-bond donors (Lipinski definition) is 1. The standard InChI is InChI=1S/C17H22N2O2/c1-2-21-17(20)13-6-5-9-19(11-13)12-14-10-18-16-8-4-3-7-15(14)16/h3-4,7-8,10,13,18H,2,5-6,9,11-12H2,1H3. The number of nitrogens with one attached hydrogen (secondary N) is 1. The molecule has 1 atom stereocenters. The molecular formula is C17H22N2O2. The first-order valence-electron chi connectivity index (χ1n) is 7.72. The van der Waals surface area contributed by atoms with E-state index in [-0.39, 0.29) is 11.9 Å². The van der Waals surface area contributed by atoms with Crippen LogP contribution in [0.15, 0.2) is 30.5 Å². The Morgan fingerprint density at radius 2 is 2.29 bits per heavy atom. The van der Waals surface area contributed by atoms with Crippen LogP contribution in [0.4, 0.5) is 0 Å². The molecule has 0 aliphatic carbocycles. The van der Waals surface area contributed by atoms with Crippen molar-refractivity contribution in [3.8, 4) is 0 Å². The highest BCUT2D eigenvalue weighted by Gasteiger charge is 2.27. The van der Waals surface area contributed by atoms with Gasteiger partial charge in [0.1, 0.15) is 0 Å². The maximum absolute atomic E-state index is 11.9. The molecule has 1 unspecified atom stereocenters. The van der Waals surface area contributed by atoms with Gasteiger partial charge >= 0.3 is 5.97 Å². The lowest BCUT2D eigenvalue weighted by molar-refractivity contribution is -0.150. The number of para-hydroxylation sites is 1. The number of hydrogen-bond acceptors (Lipinski definition) is 3. The second-order valence-electron chi connectivity index (χ2n) is 5.69. The predicted molar refractivity (Wildman–Crippen MR) is 82.9 cm³/mol. The highest BCUT2D eigenvalue weighted by molar-refractivity contribution is 5.83. The van der Waals surface area contributed by atoms with Gasteiger partial charge in [0, 0.05) is 30.2 Å². The molecule has 112 valence electrons. The maximum atomic E-state index is 11.9. The van der Waals surface area contributed by atoms with E-state index in [1.165, 1.54) is 16.5 Å². The number of esters is 1. The van der Waals surface area contributed by atoms with Crippen LogP contribution in [-0.2, 0) is 16.1 Å². The van der Waals surface area contributed by atoms with Crippen LogP contribution in [0.2, 0.25) is 0 Å². The van der Waals surface area contributed by atoms with Crippen LogP contribution in [0, 0.1) is 5.92 Å². The summed E-state index contributed by atoms with van der Waals surface area (Å²) in [5.74, 6) is -0.00923. The van der Waals surface area contributed by atoms with Gasteiger partial charge in [0.15, 0.2) is 0 Å². The Bertz CT molecular complexity index is 620. The molecule has 1 aliphatic rings. The van der Waals surface area contributed by atoms with Gasteiger partial charge in [0.2, 0.25) is 0 Å². The molecule has 1 N–H and O–H groups in total. The molecule has 2 heterocycles. The van der Waals surface area contributed by atoms with Gasteiger partial charge in [-0.3, -0.25) is 9.69 Å². The number of carbonyl (C=O) groups excluding carboxylic acids is 1. The molecule has 4 nitrogen and oxygen atoms in total. The smallest absolute Gasteiger partial charge is 0.310 e. The number of piperidine rings is 1. The number of carbonyl (C=O) groups is 1. The largest absolute Gasteiger partial charge is 0.466 e. The second kappa shape index (κ2) is 6.31. The molecule has 0 spiro atoms. The zero-order valence-electron chi connectivity index (χ0n) is 12.5. The molecule has 3 rings (SSSR count). The topological polar surface area (TPSA) is 45.3 Å². The number of aromatic nitrogens is 1. The summed E-state index contributed by atoms with van der Waals surface area (Å²) in [6.45, 7) is 5.08. The zero-order chi connectivity index (χ0) is 14.7. The van der Waals surface area contributed by atoms with Crippen LogP contribution in [0.3, 0.4) is 0 Å². The van der Waals surface area contributed by atoms with Crippen molar-refractivity contribution in [2.45, 2.75) is 26.3 Å². The van der Waals surface area contributed by atoms with E-state index in [1.54, 1.807) is 0 Å². The van der Waals surface area contributed by atoms with Crippen LogP contribution in [-0.4, -0.2) is 35.5 Å². The van der Waals surface area contributed by atoms with Crippen molar-refractivity contribution in [2.75, 3.05) is 19.7 Å². The lowest BCUT2D eigenvalue weighted by atomic mass is 9.97. The second-order valence-corrected chi connectivity index (χ2v) is 5.69. The van der Waals surface area contributed by atoms with Crippen molar-refractivity contribution >= 4 is 16.9 Å². The van der Waals surface area contributed by atoms with Gasteiger partial charge in [0.05, 0.1) is 12.5 Å². The van der Waals surface area contributed by atoms with Crippen molar-refractivity contribution in [1.29, 1.82) is 0 Å². The molecule has 1 aliphatic heterocycles. The average molecular weight is 286 g/mol. The van der Waals surface area contributed by atoms with Crippen molar-refractivity contribution < 1.29 is 9.53 Å². The number of likely N-dealkylation sites (tertiary alicyclic amines) is 1. The van der Waals surface area contributed by atoms with E-state index >= 15 is 0 Å². The van der Waals surface area contributed by atoms with E-state index in [4.69, 9.17) is 4.74 Å². The molecule has 0 bridgehead atoms. The molecule has 0 radical (unpaired) electrons. The number of rotatable bonds is 4. The molecular weight excluding hydrogens is 264 g/mol. The predicted octanol–water partition coefficient (Wildman–Crippen LogP) is 2.94. The maximum Gasteiger partial charge on any atom is 0.310 e. The lowest BCUT2D eigenvalue weighted by Crippen LogP contribution is -2.38. The average Bonchev–Trinajstić information content (AvgIpc) is 2.91. The van der Waals surface area contributed by atoms with E-state index in [9.17, 15) is 4.79 Å². The van der Waals surface area contributed by atoms with Gasteiger partial charge in [-0.25, -0.2) is 0 Å². The minimum atomic E-state index is -0.0406. The van der Waals surface area contributed by atoms with E-state index in [1.807, 2.05) is 13.0 Å². The number of benzene rings is 1. The van der Waals surface area contributed by atoms with Gasteiger partial charge in [-0.05, 0) is 37.9 Å². The Morgan fingerprint density at radius 1 is 1.43 bits per heavy atom. The van der Waals surface area contributed by atoms with Crippen LogP contribution >= 0.6 is 0 Å². The first-order chi connectivity index (χ1) is 10.3. The Balaban J connectivity index is 1.68. The number of aromatic amines is 1. The van der Waals surface area contributed by atoms with Gasteiger partial charge in [0.25, 0.3) is 0 Å². The summed E-state index contributed by atoms with van der Waals surface area (Å²) in [5, 5.41) is 1.27. The summed E-state index contributed by atoms with van der Waals surface area (Å²) in [4.78, 5) is 17.6. The summed E-state index contributed by atoms with van der Waals surface area (Å²) in [6, 6.07) is 8.35. The summed E-state index contributed by atoms with van der Waals surface area (Å²) in [5.41, 5.74) is 2.47. The fourth-order valence-corrected chi connectivity index (χ4v) is 3.15. The van der Waals surface area contributed by atoms with E-state index in [0.717, 1.165) is 32.5 Å². The molecule has 21 heavy (non-hydrogen) atoms. The summed E-state index contributed by atoms with van der Waals surface area (Å²) >= 11 is 0. The summed E-state index contributed by atoms with van der Waals surface area (Å²) in [6.07, 6.45) is 4.09. The third kappa shape index (κ3) is 3.10. The van der Waals surface area contributed by atoms with E-state index < -0.39 is 0 Å². The van der Waals surface area contributed by atoms with Crippen molar-refractivity contribution in [3.63, 3.8) is 0 Å². The van der Waals surface area contributed by atoms with Gasteiger partial charge in [-0.1, -0.05) is 18.2 Å². The Morgan fingerprint density at radius 3 is 3.14 bits per heavy atom. The monoisotopic (exact) mass is 286 g/mol. The first-order valence-corrected chi connectivity index (χ1v) is 7.72. The van der Waals surface area contributed by atoms with Crippen LogP contribution in [0.25, 0.3) is 10.9 Å². The number of ether oxygens (including phenoxy) is 1. The number of nitrogens with zero attached hydrogens (tertiary/aromatic N) is 1. The Kier molecular flexibility index (Phi) is 4.25. The van der Waals surface area contributed by atoms with E-state index in [2.05, 4.69) is 34.3 Å². The van der Waals surface area contributed by atoms with Crippen molar-refractivity contribution in [1.82, 2.24) is 9.88 Å². The normalized spacial score (nSPS) is 19.8. The highest BCUT2D eigenvalue weighted by Crippen LogP contribution is 2.23. The van der Waals surface area contributed by atoms with Crippen LogP contribution in [0.5, 0.6) is 0 Å². The van der Waals surface area contributed by atoms with Gasteiger partial charge < -0.3 is 9.72 Å². The molecule has 0 saturated carbocycles. The number of fused-ring (bicyclic) bond motifs is 1. The Labute approximate surface area is 125 Å². The third-order valence-electron chi connectivity index (χ3n) is 4.19. The minimum absolute atomic E-state index is 0.0314. The van der Waals surface area contributed by atoms with E-state index in [0.29, 0.717) is 6.61 Å². The molecule has 1 aromatic carbocycles. The third-order valence-corrected chi connectivity index (χ3v) is 4.19. The first kappa shape index (κ1) is 14.1. The fourth-order valence-electron chi connectivity index (χ4n) is 3.15. The molecule has 1 fully saturated rings. The SMILES string of the molecule is CCOC(=O)C1CCCN(Cc2c[nH]c3ccccc23)C1. The molecule has 2 aromatic rings. The molecule has 0 amide bonds. The minimum Gasteiger partial charge on any atom is -0.466 e. The molecule has 1 saturated heterocycles. The quantitative estimate of drug-likeness (QED) is 0.879. The zero-order valence-corrected chi connectivity index (χ0v) is 12.5. The fraction of sp³-hybridized carbons (Fsp3) is 0.471. The van der Waals surface area contributed by atoms with Crippen LogP contribution in [0.1, 0.15) is 25.3 Å². The van der Waals surface area contributed by atoms with Crippen LogP contribution < -0.4 is 0 Å². The van der Waals surface area contributed by atoms with Crippen molar-refractivity contribution in [3.05, 3.63) is 36.0 Å². The molecule has 1 aromatic heterocycles. The number of H-pyrrole nitrogens is 1.